The van der Waals surface area contributed by atoms with Crippen molar-refractivity contribution in [2.45, 2.75) is 26.2 Å². The molecular weight excluding hydrogens is 214 g/mol. The lowest BCUT2D eigenvalue weighted by Gasteiger charge is -2.04. The Labute approximate surface area is 101 Å². The van der Waals surface area contributed by atoms with E-state index in [1.807, 2.05) is 12.3 Å². The number of rotatable bonds is 6. The first-order chi connectivity index (χ1) is 8.40. The van der Waals surface area contributed by atoms with Crippen LogP contribution in [-0.2, 0) is 0 Å². The third kappa shape index (κ3) is 3.27. The minimum atomic E-state index is 0.680. The van der Waals surface area contributed by atoms with Crippen molar-refractivity contribution < 1.29 is 0 Å². The number of unbranched alkanes of at least 4 members (excludes halogenated alkanes) is 2. The predicted octanol–water partition coefficient (Wildman–Crippen LogP) is 2.47. The van der Waals surface area contributed by atoms with Gasteiger partial charge in [-0.3, -0.25) is 5.10 Å². The maximum Gasteiger partial charge on any atom is 0.223 e. The van der Waals surface area contributed by atoms with Gasteiger partial charge in [0, 0.05) is 24.5 Å². The van der Waals surface area contributed by atoms with Crippen molar-refractivity contribution in [2.24, 2.45) is 0 Å². The summed E-state index contributed by atoms with van der Waals surface area (Å²) >= 11 is 0. The molecule has 2 aromatic heterocycles. The highest BCUT2D eigenvalue weighted by Gasteiger charge is 2.02. The monoisotopic (exact) mass is 231 g/mol. The molecule has 2 rings (SSSR count). The largest absolute Gasteiger partial charge is 0.354 e. The summed E-state index contributed by atoms with van der Waals surface area (Å²) in [6, 6.07) is 1.88. The average Bonchev–Trinajstić information content (AvgIpc) is 2.89. The van der Waals surface area contributed by atoms with E-state index in [1.54, 1.807) is 12.4 Å². The molecule has 0 aliphatic carbocycles. The first kappa shape index (κ1) is 11.6. The van der Waals surface area contributed by atoms with Crippen LogP contribution in [0.3, 0.4) is 0 Å². The van der Waals surface area contributed by atoms with Crippen LogP contribution in [0.4, 0.5) is 5.95 Å². The Balaban J connectivity index is 1.97. The predicted molar refractivity (Wildman–Crippen MR) is 67.6 cm³/mol. The van der Waals surface area contributed by atoms with Gasteiger partial charge in [-0.2, -0.15) is 5.10 Å². The second-order valence-electron chi connectivity index (χ2n) is 3.89. The molecule has 2 N–H and O–H groups in total. The standard InChI is InChI=1S/C12H17N5/c1-2-3-4-6-13-12-14-7-5-11(17-12)10-8-15-16-9-10/h5,7-9H,2-4,6H2,1H3,(H,15,16)(H,13,14,17). The molecule has 90 valence electrons. The lowest BCUT2D eigenvalue weighted by Crippen LogP contribution is -2.05. The molecule has 0 radical (unpaired) electrons. The molecule has 0 saturated carbocycles. The summed E-state index contributed by atoms with van der Waals surface area (Å²) in [5.41, 5.74) is 1.86. The molecule has 0 aromatic carbocycles. The Kier molecular flexibility index (Phi) is 4.07. The molecule has 0 aliphatic rings. The highest BCUT2D eigenvalue weighted by Crippen LogP contribution is 2.15. The van der Waals surface area contributed by atoms with E-state index in [9.17, 15) is 0 Å². The third-order valence-corrected chi connectivity index (χ3v) is 2.51. The zero-order valence-corrected chi connectivity index (χ0v) is 9.98. The van der Waals surface area contributed by atoms with Gasteiger partial charge in [-0.05, 0) is 12.5 Å². The zero-order chi connectivity index (χ0) is 11.9. The summed E-state index contributed by atoms with van der Waals surface area (Å²) in [5.74, 6) is 0.680. The molecule has 5 heteroatoms. The molecule has 5 nitrogen and oxygen atoms in total. The fourth-order valence-electron chi connectivity index (χ4n) is 1.57. The highest BCUT2D eigenvalue weighted by atomic mass is 15.1. The van der Waals surface area contributed by atoms with Gasteiger partial charge in [-0.25, -0.2) is 9.97 Å². The number of aromatic nitrogens is 4. The van der Waals surface area contributed by atoms with E-state index in [0.29, 0.717) is 5.95 Å². The molecular formula is C12H17N5. The maximum atomic E-state index is 4.43. The van der Waals surface area contributed by atoms with Gasteiger partial charge in [0.05, 0.1) is 11.9 Å². The number of hydrogen-bond donors (Lipinski definition) is 2. The first-order valence-electron chi connectivity index (χ1n) is 5.96. The van der Waals surface area contributed by atoms with Crippen LogP contribution in [0.1, 0.15) is 26.2 Å². The molecule has 0 unspecified atom stereocenters. The van der Waals surface area contributed by atoms with Gasteiger partial charge in [0.25, 0.3) is 0 Å². The molecule has 0 amide bonds. The van der Waals surface area contributed by atoms with Crippen molar-refractivity contribution in [3.05, 3.63) is 24.7 Å². The second-order valence-corrected chi connectivity index (χ2v) is 3.89. The van der Waals surface area contributed by atoms with Crippen LogP contribution in [0.2, 0.25) is 0 Å². The van der Waals surface area contributed by atoms with Crippen LogP contribution in [0.5, 0.6) is 0 Å². The summed E-state index contributed by atoms with van der Waals surface area (Å²) in [5, 5.41) is 9.91. The molecule has 0 atom stereocenters. The molecule has 0 fully saturated rings. The Hall–Kier alpha value is -1.91. The van der Waals surface area contributed by atoms with Crippen molar-refractivity contribution in [1.82, 2.24) is 20.2 Å². The van der Waals surface area contributed by atoms with Gasteiger partial charge in [-0.15, -0.1) is 0 Å². The Bertz CT molecular complexity index is 438. The van der Waals surface area contributed by atoms with E-state index in [4.69, 9.17) is 0 Å². The second kappa shape index (κ2) is 5.98. The zero-order valence-electron chi connectivity index (χ0n) is 9.98. The third-order valence-electron chi connectivity index (χ3n) is 2.51. The number of aromatic amines is 1. The normalized spacial score (nSPS) is 10.4. The van der Waals surface area contributed by atoms with Crippen molar-refractivity contribution in [3.63, 3.8) is 0 Å². The maximum absolute atomic E-state index is 4.43. The number of anilines is 1. The SMILES string of the molecule is CCCCCNc1nccc(-c2cn[nH]c2)n1. The number of H-pyrrole nitrogens is 1. The summed E-state index contributed by atoms with van der Waals surface area (Å²) < 4.78 is 0. The highest BCUT2D eigenvalue weighted by molar-refractivity contribution is 5.57. The van der Waals surface area contributed by atoms with Crippen molar-refractivity contribution >= 4 is 5.95 Å². The van der Waals surface area contributed by atoms with E-state index >= 15 is 0 Å². The van der Waals surface area contributed by atoms with E-state index in [2.05, 4.69) is 32.4 Å². The van der Waals surface area contributed by atoms with Crippen molar-refractivity contribution in [2.75, 3.05) is 11.9 Å². The van der Waals surface area contributed by atoms with Gasteiger partial charge < -0.3 is 5.32 Å². The van der Waals surface area contributed by atoms with E-state index < -0.39 is 0 Å². The molecule has 2 heterocycles. The minimum Gasteiger partial charge on any atom is -0.354 e. The van der Waals surface area contributed by atoms with Gasteiger partial charge in [-0.1, -0.05) is 19.8 Å². The van der Waals surface area contributed by atoms with Crippen LogP contribution in [0.25, 0.3) is 11.3 Å². The molecule has 0 aliphatic heterocycles. The van der Waals surface area contributed by atoms with Crippen LogP contribution >= 0.6 is 0 Å². The fraction of sp³-hybridized carbons (Fsp3) is 0.417. The summed E-state index contributed by atoms with van der Waals surface area (Å²) in [6.07, 6.45) is 8.94. The molecule has 0 spiro atoms. The summed E-state index contributed by atoms with van der Waals surface area (Å²) in [6.45, 7) is 3.11. The Morgan fingerprint density at radius 1 is 1.35 bits per heavy atom. The summed E-state index contributed by atoms with van der Waals surface area (Å²) in [4.78, 5) is 8.62. The lowest BCUT2D eigenvalue weighted by molar-refractivity contribution is 0.740. The van der Waals surface area contributed by atoms with Gasteiger partial charge in [0.2, 0.25) is 5.95 Å². The molecule has 17 heavy (non-hydrogen) atoms. The smallest absolute Gasteiger partial charge is 0.223 e. The van der Waals surface area contributed by atoms with Crippen LogP contribution in [-0.4, -0.2) is 26.7 Å². The van der Waals surface area contributed by atoms with Crippen molar-refractivity contribution in [1.29, 1.82) is 0 Å². The fourth-order valence-corrected chi connectivity index (χ4v) is 1.57. The molecule has 0 bridgehead atoms. The van der Waals surface area contributed by atoms with Gasteiger partial charge >= 0.3 is 0 Å². The first-order valence-corrected chi connectivity index (χ1v) is 5.96. The van der Waals surface area contributed by atoms with Crippen LogP contribution in [0, 0.1) is 0 Å². The van der Waals surface area contributed by atoms with Gasteiger partial charge in [0.15, 0.2) is 0 Å². The average molecular weight is 231 g/mol. The van der Waals surface area contributed by atoms with Crippen LogP contribution in [0.15, 0.2) is 24.7 Å². The molecule has 0 saturated heterocycles. The lowest BCUT2D eigenvalue weighted by atomic mass is 10.2. The minimum absolute atomic E-state index is 0.680. The summed E-state index contributed by atoms with van der Waals surface area (Å²) in [7, 11) is 0. The van der Waals surface area contributed by atoms with Crippen LogP contribution < -0.4 is 5.32 Å². The number of hydrogen-bond acceptors (Lipinski definition) is 4. The quantitative estimate of drug-likeness (QED) is 0.749. The van der Waals surface area contributed by atoms with Crippen molar-refractivity contribution in [3.8, 4) is 11.3 Å². The topological polar surface area (TPSA) is 66.5 Å². The number of nitrogens with zero attached hydrogens (tertiary/aromatic N) is 3. The Morgan fingerprint density at radius 2 is 2.29 bits per heavy atom. The Morgan fingerprint density at radius 3 is 3.06 bits per heavy atom. The number of nitrogens with one attached hydrogen (secondary N) is 2. The van der Waals surface area contributed by atoms with E-state index in [0.717, 1.165) is 24.2 Å². The van der Waals surface area contributed by atoms with Gasteiger partial charge in [0.1, 0.15) is 0 Å². The van der Waals surface area contributed by atoms with E-state index in [1.165, 1.54) is 12.8 Å². The molecule has 2 aromatic rings. The van der Waals surface area contributed by atoms with E-state index in [-0.39, 0.29) is 0 Å².